The Morgan fingerprint density at radius 1 is 1.15 bits per heavy atom. The molecule has 1 fully saturated rings. The minimum atomic E-state index is 0.144. The number of amides is 1. The van der Waals surface area contributed by atoms with Gasteiger partial charge in [-0.3, -0.25) is 4.79 Å². The van der Waals surface area contributed by atoms with Crippen LogP contribution in [0.5, 0.6) is 0 Å². The van der Waals surface area contributed by atoms with Crippen molar-refractivity contribution in [1.29, 1.82) is 0 Å². The topological polar surface area (TPSA) is 70.2 Å². The minimum absolute atomic E-state index is 0.144. The van der Waals surface area contributed by atoms with E-state index in [4.69, 9.17) is 9.97 Å². The number of anilines is 2. The van der Waals surface area contributed by atoms with Gasteiger partial charge in [0, 0.05) is 38.5 Å². The highest BCUT2D eigenvalue weighted by Gasteiger charge is 2.22. The summed E-state index contributed by atoms with van der Waals surface area (Å²) in [4.78, 5) is 22.9. The van der Waals surface area contributed by atoms with Gasteiger partial charge in [-0.05, 0) is 43.7 Å². The van der Waals surface area contributed by atoms with Crippen LogP contribution < -0.4 is 15.5 Å². The van der Waals surface area contributed by atoms with E-state index in [9.17, 15) is 4.79 Å². The predicted octanol–water partition coefficient (Wildman–Crippen LogP) is 3.19. The van der Waals surface area contributed by atoms with Crippen molar-refractivity contribution >= 4 is 28.6 Å². The summed E-state index contributed by atoms with van der Waals surface area (Å²) in [5, 5.41) is 7.61. The number of hydrogen-bond acceptors (Lipinski definition) is 5. The molecule has 2 aromatic rings. The van der Waals surface area contributed by atoms with E-state index in [0.717, 1.165) is 48.9 Å². The lowest BCUT2D eigenvalue weighted by Crippen LogP contribution is -2.34. The number of para-hydroxylation sites is 1. The van der Waals surface area contributed by atoms with Gasteiger partial charge in [-0.2, -0.15) is 4.98 Å². The van der Waals surface area contributed by atoms with Crippen molar-refractivity contribution in [2.24, 2.45) is 5.92 Å². The average molecular weight is 355 g/mol. The maximum Gasteiger partial charge on any atom is 0.225 e. The van der Waals surface area contributed by atoms with Crippen molar-refractivity contribution in [1.82, 2.24) is 15.3 Å². The molecule has 2 N–H and O–H groups in total. The van der Waals surface area contributed by atoms with Gasteiger partial charge >= 0.3 is 0 Å². The summed E-state index contributed by atoms with van der Waals surface area (Å²) in [5.74, 6) is 2.37. The summed E-state index contributed by atoms with van der Waals surface area (Å²) in [7, 11) is 4.02. The van der Waals surface area contributed by atoms with Gasteiger partial charge in [-0.1, -0.05) is 19.1 Å². The van der Waals surface area contributed by atoms with Gasteiger partial charge < -0.3 is 15.5 Å². The number of hydrogen-bond donors (Lipinski definition) is 2. The van der Waals surface area contributed by atoms with Gasteiger partial charge in [0.1, 0.15) is 5.82 Å². The Kier molecular flexibility index (Phi) is 5.91. The zero-order valence-corrected chi connectivity index (χ0v) is 16.0. The van der Waals surface area contributed by atoms with E-state index < -0.39 is 0 Å². The molecule has 1 saturated carbocycles. The molecule has 0 saturated heterocycles. The van der Waals surface area contributed by atoms with Crippen LogP contribution in [0.2, 0.25) is 0 Å². The maximum absolute atomic E-state index is 11.4. The fraction of sp³-hybridized carbons (Fsp3) is 0.550. The third kappa shape index (κ3) is 4.42. The lowest BCUT2D eigenvalue weighted by Gasteiger charge is -2.29. The van der Waals surface area contributed by atoms with Crippen LogP contribution in [0.1, 0.15) is 39.0 Å². The first-order valence-corrected chi connectivity index (χ1v) is 9.54. The van der Waals surface area contributed by atoms with Crippen LogP contribution in [0.15, 0.2) is 24.3 Å². The van der Waals surface area contributed by atoms with Crippen molar-refractivity contribution in [3.63, 3.8) is 0 Å². The Hall–Kier alpha value is -2.37. The lowest BCUT2D eigenvalue weighted by molar-refractivity contribution is -0.121. The van der Waals surface area contributed by atoms with Gasteiger partial charge in [0.15, 0.2) is 0 Å². The van der Waals surface area contributed by atoms with Gasteiger partial charge in [0.25, 0.3) is 0 Å². The van der Waals surface area contributed by atoms with Crippen LogP contribution in [-0.2, 0) is 4.79 Å². The summed E-state index contributed by atoms with van der Waals surface area (Å²) in [6.07, 6.45) is 4.97. The standard InChI is InChI=1S/C20H29N5O/c1-4-18(26)21-13-14-9-11-15(12-10-14)22-20-23-17-8-6-5-7-16(17)19(24-20)25(2)3/h5-8,14-15H,4,9-13H2,1-3H3,(H,21,26)(H,22,23,24). The highest BCUT2D eigenvalue weighted by atomic mass is 16.1. The monoisotopic (exact) mass is 355 g/mol. The van der Waals surface area contributed by atoms with Gasteiger partial charge in [-0.15, -0.1) is 0 Å². The van der Waals surface area contributed by atoms with Crippen LogP contribution in [0.4, 0.5) is 11.8 Å². The Morgan fingerprint density at radius 2 is 1.88 bits per heavy atom. The van der Waals surface area contributed by atoms with Crippen LogP contribution in [0, 0.1) is 5.92 Å². The molecule has 26 heavy (non-hydrogen) atoms. The van der Waals surface area contributed by atoms with E-state index in [-0.39, 0.29) is 5.91 Å². The van der Waals surface area contributed by atoms with Crippen molar-refractivity contribution in [3.05, 3.63) is 24.3 Å². The fourth-order valence-electron chi connectivity index (χ4n) is 3.54. The number of carbonyl (C=O) groups excluding carboxylic acids is 1. The molecule has 0 spiro atoms. The Bertz CT molecular complexity index is 753. The Morgan fingerprint density at radius 3 is 2.58 bits per heavy atom. The molecule has 0 radical (unpaired) electrons. The van der Waals surface area contributed by atoms with Crippen LogP contribution in [-0.4, -0.2) is 42.6 Å². The molecule has 1 aromatic carbocycles. The zero-order valence-electron chi connectivity index (χ0n) is 16.0. The van der Waals surface area contributed by atoms with Crippen LogP contribution in [0.3, 0.4) is 0 Å². The molecule has 1 aliphatic rings. The molecule has 1 aliphatic carbocycles. The first-order chi connectivity index (χ1) is 12.6. The first-order valence-electron chi connectivity index (χ1n) is 9.54. The normalized spacial score (nSPS) is 20.0. The summed E-state index contributed by atoms with van der Waals surface area (Å²) in [5.41, 5.74) is 0.963. The summed E-state index contributed by atoms with van der Waals surface area (Å²) < 4.78 is 0. The van der Waals surface area contributed by atoms with E-state index in [1.165, 1.54) is 0 Å². The number of nitrogens with zero attached hydrogens (tertiary/aromatic N) is 3. The molecule has 1 heterocycles. The lowest BCUT2D eigenvalue weighted by atomic mass is 9.86. The molecule has 0 bridgehead atoms. The number of nitrogens with one attached hydrogen (secondary N) is 2. The highest BCUT2D eigenvalue weighted by Crippen LogP contribution is 2.28. The molecule has 1 amide bonds. The molecule has 0 aliphatic heterocycles. The molecule has 6 heteroatoms. The van der Waals surface area contributed by atoms with Gasteiger partial charge in [0.05, 0.1) is 5.52 Å². The smallest absolute Gasteiger partial charge is 0.225 e. The predicted molar refractivity (Wildman–Crippen MR) is 107 cm³/mol. The third-order valence-corrected chi connectivity index (χ3v) is 5.10. The Labute approximate surface area is 155 Å². The maximum atomic E-state index is 11.4. The van der Waals surface area contributed by atoms with E-state index in [0.29, 0.717) is 24.3 Å². The van der Waals surface area contributed by atoms with Crippen molar-refractivity contribution in [2.75, 3.05) is 30.9 Å². The number of carbonyl (C=O) groups is 1. The molecule has 3 rings (SSSR count). The summed E-state index contributed by atoms with van der Waals surface area (Å²) in [6.45, 7) is 2.69. The second kappa shape index (κ2) is 8.34. The third-order valence-electron chi connectivity index (χ3n) is 5.10. The largest absolute Gasteiger partial charge is 0.362 e. The van der Waals surface area contributed by atoms with Crippen molar-refractivity contribution in [3.8, 4) is 0 Å². The van der Waals surface area contributed by atoms with E-state index in [1.54, 1.807) is 0 Å². The first kappa shape index (κ1) is 18.4. The molecule has 0 atom stereocenters. The molecule has 1 aromatic heterocycles. The summed E-state index contributed by atoms with van der Waals surface area (Å²) in [6, 6.07) is 8.51. The van der Waals surface area contributed by atoms with Crippen molar-refractivity contribution < 1.29 is 4.79 Å². The van der Waals surface area contributed by atoms with E-state index in [2.05, 4.69) is 16.7 Å². The second-order valence-corrected chi connectivity index (χ2v) is 7.30. The average Bonchev–Trinajstić information content (AvgIpc) is 2.66. The number of aromatic nitrogens is 2. The quantitative estimate of drug-likeness (QED) is 0.833. The molecule has 140 valence electrons. The number of fused-ring (bicyclic) bond motifs is 1. The minimum Gasteiger partial charge on any atom is -0.362 e. The summed E-state index contributed by atoms with van der Waals surface area (Å²) >= 11 is 0. The zero-order chi connectivity index (χ0) is 18.5. The van der Waals surface area contributed by atoms with Crippen LogP contribution in [0.25, 0.3) is 10.9 Å². The number of benzene rings is 1. The molecule has 0 unspecified atom stereocenters. The SMILES string of the molecule is CCC(=O)NCC1CCC(Nc2nc(N(C)C)c3ccccc3n2)CC1. The number of rotatable bonds is 6. The Balaban J connectivity index is 1.62. The highest BCUT2D eigenvalue weighted by molar-refractivity contribution is 5.90. The van der Waals surface area contributed by atoms with Crippen molar-refractivity contribution in [2.45, 2.75) is 45.1 Å². The fourth-order valence-corrected chi connectivity index (χ4v) is 3.54. The van der Waals surface area contributed by atoms with Gasteiger partial charge in [-0.25, -0.2) is 4.98 Å². The second-order valence-electron chi connectivity index (χ2n) is 7.30. The van der Waals surface area contributed by atoms with E-state index in [1.807, 2.05) is 44.1 Å². The van der Waals surface area contributed by atoms with Gasteiger partial charge in [0.2, 0.25) is 11.9 Å². The molecule has 6 nitrogen and oxygen atoms in total. The molecular weight excluding hydrogens is 326 g/mol. The molecular formula is C20H29N5O. The van der Waals surface area contributed by atoms with Crippen LogP contribution >= 0.6 is 0 Å². The van der Waals surface area contributed by atoms with E-state index >= 15 is 0 Å².